The molecule has 0 spiro atoms. The van der Waals surface area contributed by atoms with Crippen LogP contribution in [0, 0.1) is 6.92 Å². The molecule has 0 saturated carbocycles. The Balaban J connectivity index is 1.32. The van der Waals surface area contributed by atoms with Crippen LogP contribution in [0.15, 0.2) is 17.2 Å². The quantitative estimate of drug-likeness (QED) is 0.469. The van der Waals surface area contributed by atoms with Crippen molar-refractivity contribution in [2.45, 2.75) is 57.3 Å². The van der Waals surface area contributed by atoms with E-state index in [1.807, 2.05) is 0 Å². The van der Waals surface area contributed by atoms with Gasteiger partial charge in [-0.15, -0.1) is 0 Å². The van der Waals surface area contributed by atoms with Gasteiger partial charge in [-0.3, -0.25) is 4.57 Å². The monoisotopic (exact) mass is 474 g/mol. The molecule has 2 aliphatic heterocycles. The molecule has 0 radical (unpaired) electrons. The normalized spacial score (nSPS) is 25.7. The summed E-state index contributed by atoms with van der Waals surface area (Å²) < 4.78 is 17.6. The molecule has 3 aromatic rings. The lowest BCUT2D eigenvalue weighted by Crippen LogP contribution is -2.42. The molecule has 4 atom stereocenters. The number of hydrogen-bond donors (Lipinski definition) is 3. The number of anilines is 1. The van der Waals surface area contributed by atoms with Gasteiger partial charge in [0.15, 0.2) is 35.1 Å². The predicted molar refractivity (Wildman–Crippen MR) is 114 cm³/mol. The molecule has 2 aliphatic rings. The summed E-state index contributed by atoms with van der Waals surface area (Å²) in [5.74, 6) is 1.02. The fourth-order valence-electron chi connectivity index (χ4n) is 4.28. The summed E-state index contributed by atoms with van der Waals surface area (Å²) >= 11 is 0. The molecule has 5 rings (SSSR count). The Hall–Kier alpha value is -3.36. The highest BCUT2D eigenvalue weighted by atomic mass is 16.6. The lowest BCUT2D eigenvalue weighted by atomic mass is 10.1. The van der Waals surface area contributed by atoms with Crippen molar-refractivity contribution in [3.05, 3.63) is 24.4 Å². The van der Waals surface area contributed by atoms with Crippen LogP contribution >= 0.6 is 0 Å². The van der Waals surface area contributed by atoms with Gasteiger partial charge in [-0.1, -0.05) is 5.16 Å². The van der Waals surface area contributed by atoms with Gasteiger partial charge in [0.25, 0.3) is 5.89 Å². The number of imidazole rings is 1. The van der Waals surface area contributed by atoms with Gasteiger partial charge in [0.05, 0.1) is 12.9 Å². The van der Waals surface area contributed by atoms with E-state index in [2.05, 4.69) is 30.4 Å². The summed E-state index contributed by atoms with van der Waals surface area (Å²) in [6.07, 6.45) is -0.450. The lowest BCUT2D eigenvalue weighted by Gasteiger charge is -2.31. The van der Waals surface area contributed by atoms with Crippen molar-refractivity contribution in [3.63, 3.8) is 0 Å². The van der Waals surface area contributed by atoms with Crippen molar-refractivity contribution in [3.8, 4) is 0 Å². The maximum absolute atomic E-state index is 11.9. The largest absolute Gasteiger partial charge is 0.450 e. The lowest BCUT2D eigenvalue weighted by molar-refractivity contribution is -0.0451. The van der Waals surface area contributed by atoms with Crippen LogP contribution in [-0.2, 0) is 9.47 Å². The fourth-order valence-corrected chi connectivity index (χ4v) is 4.28. The van der Waals surface area contributed by atoms with E-state index in [9.17, 15) is 15.0 Å². The third-order valence-corrected chi connectivity index (χ3v) is 6.02. The first kappa shape index (κ1) is 22.4. The van der Waals surface area contributed by atoms with Crippen LogP contribution in [0.25, 0.3) is 11.2 Å². The number of hydrogen-bond acceptors (Lipinski definition) is 12. The van der Waals surface area contributed by atoms with Crippen LogP contribution in [0.2, 0.25) is 0 Å². The number of fused-ring (bicyclic) bond motifs is 1. The number of aliphatic hydroxyl groups excluding tert-OH is 2. The van der Waals surface area contributed by atoms with E-state index in [0.29, 0.717) is 42.5 Å². The van der Waals surface area contributed by atoms with E-state index in [-0.39, 0.29) is 18.0 Å². The number of nitrogens with zero attached hydrogens (tertiary/aromatic N) is 7. The Bertz CT molecular complexity index is 1160. The van der Waals surface area contributed by atoms with Crippen molar-refractivity contribution in [1.29, 1.82) is 0 Å². The number of likely N-dealkylation sites (tertiary alicyclic amines) is 1. The molecule has 0 bridgehead atoms. The average Bonchev–Trinajstić information content (AvgIpc) is 3.53. The number of piperidine rings is 1. The summed E-state index contributed by atoms with van der Waals surface area (Å²) in [7, 11) is 0. The third-order valence-electron chi connectivity index (χ3n) is 6.02. The van der Waals surface area contributed by atoms with Gasteiger partial charge < -0.3 is 34.4 Å². The Labute approximate surface area is 193 Å². The average molecular weight is 474 g/mol. The second-order valence-electron chi connectivity index (χ2n) is 8.26. The summed E-state index contributed by atoms with van der Waals surface area (Å²) in [4.78, 5) is 30.8. The number of amides is 1. The number of nitrogens with one attached hydrogen (secondary N) is 1. The number of rotatable bonds is 5. The van der Waals surface area contributed by atoms with Crippen molar-refractivity contribution >= 4 is 23.1 Å². The molecule has 14 nitrogen and oxygen atoms in total. The highest BCUT2D eigenvalue weighted by molar-refractivity contribution is 5.82. The van der Waals surface area contributed by atoms with E-state index < -0.39 is 24.5 Å². The molecule has 0 aliphatic carbocycles. The number of aryl methyl sites for hydroxylation is 1. The Morgan fingerprint density at radius 2 is 2.03 bits per heavy atom. The summed E-state index contributed by atoms with van der Waals surface area (Å²) in [6, 6.07) is 0.0919. The summed E-state index contributed by atoms with van der Waals surface area (Å²) in [5.41, 5.74) is 0.928. The van der Waals surface area contributed by atoms with Crippen LogP contribution in [0.3, 0.4) is 0 Å². The fraction of sp³-hybridized carbons (Fsp3) is 0.600. The van der Waals surface area contributed by atoms with Gasteiger partial charge in [0, 0.05) is 19.1 Å². The minimum atomic E-state index is -1.27. The van der Waals surface area contributed by atoms with Crippen molar-refractivity contribution < 1.29 is 29.0 Å². The van der Waals surface area contributed by atoms with Crippen molar-refractivity contribution in [2.24, 2.45) is 0 Å². The van der Waals surface area contributed by atoms with E-state index in [4.69, 9.17) is 14.0 Å². The Kier molecular flexibility index (Phi) is 6.02. The highest BCUT2D eigenvalue weighted by Crippen LogP contribution is 2.39. The highest BCUT2D eigenvalue weighted by Gasteiger charge is 2.47. The van der Waals surface area contributed by atoms with Crippen LogP contribution in [0.5, 0.6) is 0 Å². The minimum Gasteiger partial charge on any atom is -0.450 e. The first-order chi connectivity index (χ1) is 16.5. The topological polar surface area (TPSA) is 174 Å². The standard InChI is InChI=1S/C20H26N8O6/c1-3-32-20(31)27-6-4-11(5-7-27)25-16-12-17(22-8-21-16)28(9-23-12)19-14(30)13(29)15(33-19)18-24-10(2)26-34-18/h8-9,11,13-15,19,29-30H,3-7H2,1-2H3,(H,21,22,25)/t13-,14+,15-,19+/m0/s1. The molecule has 182 valence electrons. The molecule has 2 fully saturated rings. The van der Waals surface area contributed by atoms with Crippen LogP contribution in [0.4, 0.5) is 10.6 Å². The van der Waals surface area contributed by atoms with Gasteiger partial charge in [-0.05, 0) is 26.7 Å². The Morgan fingerprint density at radius 1 is 1.24 bits per heavy atom. The molecule has 14 heteroatoms. The Morgan fingerprint density at radius 3 is 2.74 bits per heavy atom. The molecule has 5 heterocycles. The van der Waals surface area contributed by atoms with E-state index in [0.717, 1.165) is 12.8 Å². The van der Waals surface area contributed by atoms with E-state index in [1.165, 1.54) is 12.7 Å². The first-order valence-electron chi connectivity index (χ1n) is 11.1. The zero-order valence-electron chi connectivity index (χ0n) is 18.7. The van der Waals surface area contributed by atoms with Gasteiger partial charge in [0.1, 0.15) is 18.5 Å². The first-order valence-corrected chi connectivity index (χ1v) is 11.1. The second kappa shape index (κ2) is 9.12. The maximum Gasteiger partial charge on any atom is 0.409 e. The number of ether oxygens (including phenoxy) is 2. The van der Waals surface area contributed by atoms with Gasteiger partial charge in [0.2, 0.25) is 0 Å². The van der Waals surface area contributed by atoms with Crippen LogP contribution < -0.4 is 5.32 Å². The summed E-state index contributed by atoms with van der Waals surface area (Å²) in [6.45, 7) is 4.95. The van der Waals surface area contributed by atoms with E-state index in [1.54, 1.807) is 23.3 Å². The predicted octanol–water partition coefficient (Wildman–Crippen LogP) is 0.542. The van der Waals surface area contributed by atoms with Gasteiger partial charge in [-0.2, -0.15) is 4.98 Å². The molecule has 3 N–H and O–H groups in total. The maximum atomic E-state index is 11.9. The van der Waals surface area contributed by atoms with Crippen molar-refractivity contribution in [1.82, 2.24) is 34.6 Å². The third kappa shape index (κ3) is 4.03. The molecule has 0 unspecified atom stereocenters. The smallest absolute Gasteiger partial charge is 0.409 e. The molecule has 2 saturated heterocycles. The minimum absolute atomic E-state index is 0.0853. The zero-order chi connectivity index (χ0) is 23.8. The number of carbonyl (C=O) groups excluding carboxylic acids is 1. The number of aromatic nitrogens is 6. The number of carbonyl (C=O) groups is 1. The van der Waals surface area contributed by atoms with Crippen LogP contribution in [-0.4, -0.2) is 88.8 Å². The van der Waals surface area contributed by atoms with E-state index >= 15 is 0 Å². The molecule has 3 aromatic heterocycles. The molecule has 0 aromatic carbocycles. The summed E-state index contributed by atoms with van der Waals surface area (Å²) in [5, 5.41) is 28.3. The van der Waals surface area contributed by atoms with Crippen molar-refractivity contribution in [2.75, 3.05) is 25.0 Å². The second-order valence-corrected chi connectivity index (χ2v) is 8.26. The molecular weight excluding hydrogens is 448 g/mol. The number of aliphatic hydroxyl groups is 2. The van der Waals surface area contributed by atoms with Gasteiger partial charge >= 0.3 is 6.09 Å². The molecular formula is C20H26N8O6. The molecule has 1 amide bonds. The molecule has 34 heavy (non-hydrogen) atoms. The zero-order valence-corrected chi connectivity index (χ0v) is 18.7. The SMILES string of the molecule is CCOC(=O)N1CCC(Nc2ncnc3c2ncn3[C@@H]2O[C@H](c3nc(C)no3)[C@@H](O)[C@H]2O)CC1. The van der Waals surface area contributed by atoms with Gasteiger partial charge in [-0.25, -0.2) is 19.7 Å². The van der Waals surface area contributed by atoms with Crippen LogP contribution in [0.1, 0.15) is 43.8 Å².